The van der Waals surface area contributed by atoms with Gasteiger partial charge in [0, 0.05) is 5.56 Å². The van der Waals surface area contributed by atoms with Crippen LogP contribution in [0.1, 0.15) is 10.4 Å². The minimum Gasteiger partial charge on any atom is -0.468 e. The van der Waals surface area contributed by atoms with Crippen LogP contribution in [0.2, 0.25) is 0 Å². The zero-order valence-corrected chi connectivity index (χ0v) is 5.86. The van der Waals surface area contributed by atoms with Crippen molar-refractivity contribution in [1.82, 2.24) is 0 Å². The van der Waals surface area contributed by atoms with Gasteiger partial charge in [-0.15, -0.1) is 0 Å². The van der Waals surface area contributed by atoms with E-state index in [1.165, 1.54) is 0 Å². The summed E-state index contributed by atoms with van der Waals surface area (Å²) in [6.45, 7) is -0.347. The molecule has 0 radical (unpaired) electrons. The predicted molar refractivity (Wildman–Crippen MR) is 39.5 cm³/mol. The highest BCUT2D eigenvalue weighted by Crippen LogP contribution is 2.09. The van der Waals surface area contributed by atoms with Gasteiger partial charge in [0.25, 0.3) is 0 Å². The third-order valence-electron chi connectivity index (χ3n) is 1.25. The highest BCUT2D eigenvalue weighted by Gasteiger charge is 1.91. The Labute approximate surface area is 64.2 Å². The Morgan fingerprint density at radius 1 is 1.36 bits per heavy atom. The van der Waals surface area contributed by atoms with E-state index in [4.69, 9.17) is 9.84 Å². The first-order chi connectivity index (χ1) is 5.36. The second-order valence-corrected chi connectivity index (χ2v) is 1.96. The highest BCUT2D eigenvalue weighted by atomic mass is 16.6. The number of rotatable bonds is 3. The maximum absolute atomic E-state index is 10.2. The van der Waals surface area contributed by atoms with Gasteiger partial charge < -0.3 is 9.84 Å². The van der Waals surface area contributed by atoms with Crippen LogP contribution in [0.5, 0.6) is 5.75 Å². The summed E-state index contributed by atoms with van der Waals surface area (Å²) in [5.74, 6) is 0.554. The molecular formula is C8H8O3. The molecule has 0 saturated heterocycles. The van der Waals surface area contributed by atoms with E-state index in [0.29, 0.717) is 11.3 Å². The van der Waals surface area contributed by atoms with Crippen molar-refractivity contribution in [1.29, 1.82) is 0 Å². The molecule has 1 N–H and O–H groups in total. The normalized spacial score (nSPS) is 9.18. The quantitative estimate of drug-likeness (QED) is 0.515. The van der Waals surface area contributed by atoms with Crippen molar-refractivity contribution in [3.8, 4) is 5.75 Å². The molecule has 58 valence electrons. The van der Waals surface area contributed by atoms with Gasteiger partial charge in [-0.3, -0.25) is 4.79 Å². The zero-order chi connectivity index (χ0) is 8.10. The number of carbonyl (C=O) groups excluding carboxylic acids is 1. The van der Waals surface area contributed by atoms with Gasteiger partial charge in [-0.1, -0.05) is 0 Å². The average molecular weight is 152 g/mol. The summed E-state index contributed by atoms with van der Waals surface area (Å²) in [5, 5.41) is 8.35. The molecule has 0 atom stereocenters. The first kappa shape index (κ1) is 7.75. The molecule has 0 heterocycles. The first-order valence-electron chi connectivity index (χ1n) is 3.15. The van der Waals surface area contributed by atoms with Gasteiger partial charge in [0.2, 0.25) is 0 Å². The van der Waals surface area contributed by atoms with E-state index < -0.39 is 0 Å². The lowest BCUT2D eigenvalue weighted by atomic mass is 10.2. The summed E-state index contributed by atoms with van der Waals surface area (Å²) in [4.78, 5) is 10.2. The Morgan fingerprint density at radius 3 is 2.45 bits per heavy atom. The van der Waals surface area contributed by atoms with Gasteiger partial charge in [-0.05, 0) is 24.3 Å². The number of benzene rings is 1. The summed E-state index contributed by atoms with van der Waals surface area (Å²) in [6.07, 6.45) is 0.753. The van der Waals surface area contributed by atoms with Crippen molar-refractivity contribution >= 4 is 6.29 Å². The molecule has 1 aromatic carbocycles. The van der Waals surface area contributed by atoms with Crippen LogP contribution in [-0.2, 0) is 0 Å². The van der Waals surface area contributed by atoms with Crippen molar-refractivity contribution < 1.29 is 14.6 Å². The lowest BCUT2D eigenvalue weighted by molar-refractivity contribution is 0.0985. The molecule has 0 saturated carbocycles. The van der Waals surface area contributed by atoms with Gasteiger partial charge in [0.1, 0.15) is 12.0 Å². The first-order valence-corrected chi connectivity index (χ1v) is 3.15. The molecule has 0 bridgehead atoms. The van der Waals surface area contributed by atoms with Crippen molar-refractivity contribution in [2.75, 3.05) is 6.79 Å². The van der Waals surface area contributed by atoms with Crippen LogP contribution in [0.3, 0.4) is 0 Å². The number of aliphatic hydroxyl groups excluding tert-OH is 1. The number of hydrogen-bond donors (Lipinski definition) is 1. The summed E-state index contributed by atoms with van der Waals surface area (Å²) in [7, 11) is 0. The van der Waals surface area contributed by atoms with E-state index in [9.17, 15) is 4.79 Å². The molecule has 0 unspecified atom stereocenters. The van der Waals surface area contributed by atoms with Gasteiger partial charge in [-0.25, -0.2) is 0 Å². The smallest absolute Gasteiger partial charge is 0.186 e. The predicted octanol–water partition coefficient (Wildman–Crippen LogP) is 0.828. The molecule has 3 heteroatoms. The van der Waals surface area contributed by atoms with Crippen LogP contribution in [0.25, 0.3) is 0 Å². The van der Waals surface area contributed by atoms with Crippen LogP contribution in [0.4, 0.5) is 0 Å². The Kier molecular flexibility index (Phi) is 2.63. The molecule has 0 aliphatic rings. The monoisotopic (exact) mass is 152 g/mol. The molecule has 1 aromatic rings. The Balaban J connectivity index is 2.74. The Hall–Kier alpha value is -1.35. The van der Waals surface area contributed by atoms with Crippen LogP contribution in [-0.4, -0.2) is 18.2 Å². The number of aliphatic hydroxyl groups is 1. The molecule has 0 aromatic heterocycles. The Bertz CT molecular complexity index is 228. The topological polar surface area (TPSA) is 46.5 Å². The van der Waals surface area contributed by atoms with Gasteiger partial charge in [-0.2, -0.15) is 0 Å². The third-order valence-corrected chi connectivity index (χ3v) is 1.25. The van der Waals surface area contributed by atoms with E-state index >= 15 is 0 Å². The second-order valence-electron chi connectivity index (χ2n) is 1.96. The fraction of sp³-hybridized carbons (Fsp3) is 0.125. The number of hydrogen-bond acceptors (Lipinski definition) is 3. The van der Waals surface area contributed by atoms with E-state index in [1.54, 1.807) is 24.3 Å². The lowest BCUT2D eigenvalue weighted by Crippen LogP contribution is -1.94. The largest absolute Gasteiger partial charge is 0.468 e. The summed E-state index contributed by atoms with van der Waals surface area (Å²) in [6, 6.07) is 6.50. The van der Waals surface area contributed by atoms with Gasteiger partial charge in [0.15, 0.2) is 6.79 Å². The standard InChI is InChI=1S/C8H8O3/c9-5-7-1-3-8(4-2-7)11-6-10/h1-5,10H,6H2. The van der Waals surface area contributed by atoms with Crippen LogP contribution in [0, 0.1) is 0 Å². The molecule has 0 fully saturated rings. The zero-order valence-electron chi connectivity index (χ0n) is 5.86. The lowest BCUT2D eigenvalue weighted by Gasteiger charge is -2.00. The fourth-order valence-corrected chi connectivity index (χ4v) is 0.717. The van der Waals surface area contributed by atoms with E-state index in [0.717, 1.165) is 6.29 Å². The van der Waals surface area contributed by atoms with Crippen molar-refractivity contribution in [3.05, 3.63) is 29.8 Å². The molecule has 1 rings (SSSR count). The van der Waals surface area contributed by atoms with Crippen molar-refractivity contribution in [2.45, 2.75) is 0 Å². The second kappa shape index (κ2) is 3.73. The number of aldehydes is 1. The van der Waals surface area contributed by atoms with Crippen LogP contribution >= 0.6 is 0 Å². The SMILES string of the molecule is O=Cc1ccc(OCO)cc1. The summed E-state index contributed by atoms with van der Waals surface area (Å²) in [5.41, 5.74) is 0.593. The van der Waals surface area contributed by atoms with Crippen LogP contribution < -0.4 is 4.74 Å². The maximum atomic E-state index is 10.2. The van der Waals surface area contributed by atoms with Crippen molar-refractivity contribution in [2.24, 2.45) is 0 Å². The van der Waals surface area contributed by atoms with Gasteiger partial charge in [0.05, 0.1) is 0 Å². The number of carbonyl (C=O) groups is 1. The molecule has 0 aliphatic heterocycles. The van der Waals surface area contributed by atoms with E-state index in [1.807, 2.05) is 0 Å². The van der Waals surface area contributed by atoms with E-state index in [-0.39, 0.29) is 6.79 Å². The third kappa shape index (κ3) is 2.05. The molecule has 11 heavy (non-hydrogen) atoms. The molecule has 0 spiro atoms. The van der Waals surface area contributed by atoms with Crippen molar-refractivity contribution in [3.63, 3.8) is 0 Å². The summed E-state index contributed by atoms with van der Waals surface area (Å²) >= 11 is 0. The van der Waals surface area contributed by atoms with Gasteiger partial charge >= 0.3 is 0 Å². The minimum absolute atomic E-state index is 0.347. The molecular weight excluding hydrogens is 144 g/mol. The average Bonchev–Trinajstić information content (AvgIpc) is 2.07. The molecule has 0 amide bonds. The Morgan fingerprint density at radius 2 is 2.00 bits per heavy atom. The minimum atomic E-state index is -0.347. The van der Waals surface area contributed by atoms with Crippen LogP contribution in [0.15, 0.2) is 24.3 Å². The summed E-state index contributed by atoms with van der Waals surface area (Å²) < 4.78 is 4.74. The van der Waals surface area contributed by atoms with E-state index in [2.05, 4.69) is 0 Å². The molecule has 0 aliphatic carbocycles. The fourth-order valence-electron chi connectivity index (χ4n) is 0.717. The molecule has 3 nitrogen and oxygen atoms in total. The number of ether oxygens (including phenoxy) is 1. The highest BCUT2D eigenvalue weighted by molar-refractivity contribution is 5.74. The maximum Gasteiger partial charge on any atom is 0.186 e.